The number of halogens is 3. The predicted molar refractivity (Wildman–Crippen MR) is 145 cm³/mol. The molecule has 0 radical (unpaired) electrons. The maximum atomic E-state index is 13.8. The SMILES string of the molecule is CN1CCCCCCN(C(=O)c2ccc(OC(F)(F)F)cc2)[C@H](Cc2ccccc2)COc2ccccc2C1=O. The number of carbonyl (C=O) groups excluding carboxylic acids is 2. The monoisotopic (exact) mass is 554 g/mol. The fourth-order valence-electron chi connectivity index (χ4n) is 4.81. The largest absolute Gasteiger partial charge is 0.573 e. The Bertz CT molecular complexity index is 1270. The van der Waals surface area contributed by atoms with E-state index in [0.29, 0.717) is 30.8 Å². The van der Waals surface area contributed by atoms with E-state index in [1.54, 1.807) is 41.1 Å². The standard InChI is InChI=1S/C31H33F3N2O4/c1-35-19-9-2-3-10-20-36(29(37)24-15-17-26(18-16-24)40-31(32,33)34)25(21-23-11-5-4-6-12-23)22-39-28-14-8-7-13-27(28)30(35)38/h4-8,11-18,25H,2-3,9-10,19-22H2,1H3/t25-/m1/s1. The molecule has 0 saturated heterocycles. The van der Waals surface area contributed by atoms with Gasteiger partial charge in [-0.3, -0.25) is 9.59 Å². The normalized spacial score (nSPS) is 17.4. The highest BCUT2D eigenvalue weighted by atomic mass is 19.4. The molecule has 0 aromatic heterocycles. The molecule has 40 heavy (non-hydrogen) atoms. The van der Waals surface area contributed by atoms with Gasteiger partial charge in [0.25, 0.3) is 11.8 Å². The molecule has 9 heteroatoms. The zero-order chi connectivity index (χ0) is 28.5. The van der Waals surface area contributed by atoms with Crippen molar-refractivity contribution in [1.29, 1.82) is 0 Å². The maximum absolute atomic E-state index is 13.8. The van der Waals surface area contributed by atoms with Crippen LogP contribution in [0.1, 0.15) is 52.0 Å². The Hall–Kier alpha value is -4.01. The summed E-state index contributed by atoms with van der Waals surface area (Å²) in [6, 6.07) is 21.4. The van der Waals surface area contributed by atoms with Crippen molar-refractivity contribution in [1.82, 2.24) is 9.80 Å². The highest BCUT2D eigenvalue weighted by Crippen LogP contribution is 2.25. The van der Waals surface area contributed by atoms with E-state index in [-0.39, 0.29) is 29.7 Å². The number of para-hydroxylation sites is 1. The summed E-state index contributed by atoms with van der Waals surface area (Å²) in [6.07, 6.45) is -0.999. The third-order valence-corrected chi connectivity index (χ3v) is 6.89. The molecule has 3 aromatic carbocycles. The van der Waals surface area contributed by atoms with Gasteiger partial charge in [0.05, 0.1) is 11.6 Å². The van der Waals surface area contributed by atoms with Crippen molar-refractivity contribution < 1.29 is 32.2 Å². The Labute approximate surface area is 232 Å². The van der Waals surface area contributed by atoms with Crippen LogP contribution in [0.3, 0.4) is 0 Å². The number of rotatable bonds is 4. The molecule has 2 amide bonds. The lowest BCUT2D eigenvalue weighted by Gasteiger charge is -2.33. The van der Waals surface area contributed by atoms with E-state index < -0.39 is 12.4 Å². The van der Waals surface area contributed by atoms with Crippen LogP contribution in [-0.4, -0.2) is 60.8 Å². The van der Waals surface area contributed by atoms with Gasteiger partial charge in [-0.1, -0.05) is 55.3 Å². The Balaban J connectivity index is 1.66. The number of benzene rings is 3. The van der Waals surface area contributed by atoms with Crippen LogP contribution in [-0.2, 0) is 6.42 Å². The van der Waals surface area contributed by atoms with Crippen LogP contribution in [0.5, 0.6) is 11.5 Å². The molecule has 0 spiro atoms. The number of hydrogen-bond donors (Lipinski definition) is 0. The lowest BCUT2D eigenvalue weighted by atomic mass is 10.0. The van der Waals surface area contributed by atoms with Gasteiger partial charge >= 0.3 is 6.36 Å². The Morgan fingerprint density at radius 1 is 0.900 bits per heavy atom. The number of amides is 2. The van der Waals surface area contributed by atoms with Crippen molar-refractivity contribution in [2.75, 3.05) is 26.7 Å². The van der Waals surface area contributed by atoms with Crippen molar-refractivity contribution in [3.8, 4) is 11.5 Å². The minimum absolute atomic E-state index is 0.124. The van der Waals surface area contributed by atoms with Crippen LogP contribution >= 0.6 is 0 Å². The summed E-state index contributed by atoms with van der Waals surface area (Å²) in [5.74, 6) is -0.378. The van der Waals surface area contributed by atoms with Gasteiger partial charge in [-0.15, -0.1) is 13.2 Å². The van der Waals surface area contributed by atoms with Gasteiger partial charge in [-0.2, -0.15) is 0 Å². The van der Waals surface area contributed by atoms with Crippen molar-refractivity contribution in [2.24, 2.45) is 0 Å². The molecule has 0 N–H and O–H groups in total. The van der Waals surface area contributed by atoms with E-state index in [1.807, 2.05) is 30.3 Å². The molecule has 3 aromatic rings. The van der Waals surface area contributed by atoms with E-state index >= 15 is 0 Å². The summed E-state index contributed by atoms with van der Waals surface area (Å²) in [5, 5.41) is 0. The van der Waals surface area contributed by atoms with E-state index in [2.05, 4.69) is 4.74 Å². The first-order valence-electron chi connectivity index (χ1n) is 13.4. The summed E-state index contributed by atoms with van der Waals surface area (Å²) >= 11 is 0. The second-order valence-corrected chi connectivity index (χ2v) is 9.86. The second-order valence-electron chi connectivity index (χ2n) is 9.86. The third-order valence-electron chi connectivity index (χ3n) is 6.89. The number of ether oxygens (including phenoxy) is 2. The zero-order valence-electron chi connectivity index (χ0n) is 22.4. The van der Waals surface area contributed by atoms with E-state index in [4.69, 9.17) is 4.74 Å². The number of nitrogens with zero attached hydrogens (tertiary/aromatic N) is 2. The zero-order valence-corrected chi connectivity index (χ0v) is 22.4. The Kier molecular flexibility index (Phi) is 9.69. The fourth-order valence-corrected chi connectivity index (χ4v) is 4.81. The minimum Gasteiger partial charge on any atom is -0.491 e. The summed E-state index contributed by atoms with van der Waals surface area (Å²) in [7, 11) is 1.79. The van der Waals surface area contributed by atoms with Crippen molar-refractivity contribution in [3.63, 3.8) is 0 Å². The molecule has 1 aliphatic rings. The second kappa shape index (κ2) is 13.4. The van der Waals surface area contributed by atoms with E-state index in [0.717, 1.165) is 43.4 Å². The highest BCUT2D eigenvalue weighted by molar-refractivity contribution is 5.97. The number of alkyl halides is 3. The van der Waals surface area contributed by atoms with Gasteiger partial charge in [0, 0.05) is 25.7 Å². The fraction of sp³-hybridized carbons (Fsp3) is 0.355. The van der Waals surface area contributed by atoms with Crippen LogP contribution in [0, 0.1) is 0 Å². The first kappa shape index (κ1) is 29.0. The molecule has 0 bridgehead atoms. The third kappa shape index (κ3) is 8.00. The van der Waals surface area contributed by atoms with Crippen molar-refractivity contribution >= 4 is 11.8 Å². The molecule has 1 atom stereocenters. The van der Waals surface area contributed by atoms with Gasteiger partial charge in [-0.05, 0) is 61.2 Å². The highest BCUT2D eigenvalue weighted by Gasteiger charge is 2.31. The summed E-state index contributed by atoms with van der Waals surface area (Å²) in [6.45, 7) is 1.19. The first-order chi connectivity index (χ1) is 19.2. The first-order valence-corrected chi connectivity index (χ1v) is 13.4. The quantitative estimate of drug-likeness (QED) is 0.377. The average Bonchev–Trinajstić information content (AvgIpc) is 2.94. The molecule has 4 rings (SSSR count). The Morgan fingerprint density at radius 3 is 2.25 bits per heavy atom. The van der Waals surface area contributed by atoms with Gasteiger partial charge < -0.3 is 19.3 Å². The van der Waals surface area contributed by atoms with Gasteiger partial charge in [0.1, 0.15) is 18.1 Å². The predicted octanol–water partition coefficient (Wildman–Crippen LogP) is 6.36. The molecular formula is C31H33F3N2O4. The lowest BCUT2D eigenvalue weighted by Crippen LogP contribution is -2.45. The molecule has 1 heterocycles. The molecule has 1 aliphatic heterocycles. The lowest BCUT2D eigenvalue weighted by molar-refractivity contribution is -0.274. The number of hydrogen-bond acceptors (Lipinski definition) is 4. The maximum Gasteiger partial charge on any atom is 0.573 e. The molecule has 0 saturated carbocycles. The summed E-state index contributed by atoms with van der Waals surface area (Å²) in [5.41, 5.74) is 1.72. The van der Waals surface area contributed by atoms with Crippen LogP contribution in [0.25, 0.3) is 0 Å². The minimum atomic E-state index is -4.81. The smallest absolute Gasteiger partial charge is 0.491 e. The summed E-state index contributed by atoms with van der Waals surface area (Å²) in [4.78, 5) is 30.4. The average molecular weight is 555 g/mol. The van der Waals surface area contributed by atoms with Crippen molar-refractivity contribution in [3.05, 3.63) is 95.6 Å². The van der Waals surface area contributed by atoms with Crippen LogP contribution < -0.4 is 9.47 Å². The Morgan fingerprint density at radius 2 is 1.55 bits per heavy atom. The van der Waals surface area contributed by atoms with E-state index in [1.165, 1.54) is 12.1 Å². The molecule has 0 unspecified atom stereocenters. The van der Waals surface area contributed by atoms with Crippen LogP contribution in [0.2, 0.25) is 0 Å². The molecule has 6 nitrogen and oxygen atoms in total. The van der Waals surface area contributed by atoms with Gasteiger partial charge in [0.15, 0.2) is 0 Å². The summed E-state index contributed by atoms with van der Waals surface area (Å²) < 4.78 is 48.1. The number of carbonyl (C=O) groups is 2. The molecule has 212 valence electrons. The van der Waals surface area contributed by atoms with Crippen LogP contribution in [0.4, 0.5) is 13.2 Å². The molecule has 0 aliphatic carbocycles. The van der Waals surface area contributed by atoms with Crippen molar-refractivity contribution in [2.45, 2.75) is 44.5 Å². The van der Waals surface area contributed by atoms with Gasteiger partial charge in [-0.25, -0.2) is 0 Å². The molecular weight excluding hydrogens is 521 g/mol. The molecule has 0 fully saturated rings. The van der Waals surface area contributed by atoms with Gasteiger partial charge in [0.2, 0.25) is 0 Å². The van der Waals surface area contributed by atoms with Crippen LogP contribution in [0.15, 0.2) is 78.9 Å². The topological polar surface area (TPSA) is 59.1 Å². The number of fused-ring (bicyclic) bond motifs is 1. The van der Waals surface area contributed by atoms with E-state index in [9.17, 15) is 22.8 Å².